The second-order valence-electron chi connectivity index (χ2n) is 9.69. The number of ether oxygens (including phenoxy) is 1. The highest BCUT2D eigenvalue weighted by molar-refractivity contribution is 5.75. The molecule has 0 atom stereocenters. The van der Waals surface area contributed by atoms with Gasteiger partial charge in [-0.3, -0.25) is 9.47 Å². The van der Waals surface area contributed by atoms with Crippen molar-refractivity contribution in [3.05, 3.63) is 107 Å². The number of benzene rings is 3. The van der Waals surface area contributed by atoms with Gasteiger partial charge in [-0.25, -0.2) is 9.59 Å². The molecule has 3 aromatic carbocycles. The Morgan fingerprint density at radius 1 is 0.865 bits per heavy atom. The van der Waals surface area contributed by atoms with Crippen LogP contribution in [-0.2, 0) is 17.8 Å². The molecule has 1 amide bonds. The van der Waals surface area contributed by atoms with Gasteiger partial charge in [0.25, 0.3) is 0 Å². The number of likely N-dealkylation sites (tertiary alicyclic amines) is 1. The second-order valence-corrected chi connectivity index (χ2v) is 9.69. The van der Waals surface area contributed by atoms with Crippen LogP contribution in [0.15, 0.2) is 89.7 Å². The van der Waals surface area contributed by atoms with Gasteiger partial charge in [-0.05, 0) is 42.5 Å². The lowest BCUT2D eigenvalue weighted by atomic mass is 10.0. The summed E-state index contributed by atoms with van der Waals surface area (Å²) in [7, 11) is 0. The van der Waals surface area contributed by atoms with E-state index in [2.05, 4.69) is 58.4 Å². The van der Waals surface area contributed by atoms with E-state index in [1.165, 1.54) is 11.1 Å². The lowest BCUT2D eigenvalue weighted by Gasteiger charge is -2.32. The minimum atomic E-state index is -0.262. The summed E-state index contributed by atoms with van der Waals surface area (Å²) in [5.74, 6) is 0. The third-order valence-corrected chi connectivity index (χ3v) is 7.05. The number of piperidine rings is 1. The van der Waals surface area contributed by atoms with Crippen molar-refractivity contribution in [2.75, 3.05) is 26.2 Å². The molecular weight excluding hydrogens is 464 g/mol. The first-order chi connectivity index (χ1) is 18.2. The molecule has 2 heterocycles. The first-order valence-electron chi connectivity index (χ1n) is 13.1. The maximum Gasteiger partial charge on any atom is 0.409 e. The topological polar surface area (TPSA) is 70.6 Å². The molecule has 0 radical (unpaired) electrons. The lowest BCUT2D eigenvalue weighted by molar-refractivity contribution is 0.0841. The number of para-hydroxylation sites is 2. The maximum atomic E-state index is 12.7. The average molecular weight is 499 g/mol. The smallest absolute Gasteiger partial charge is 0.409 e. The highest BCUT2D eigenvalue weighted by Crippen LogP contribution is 2.25. The monoisotopic (exact) mass is 498 g/mol. The van der Waals surface area contributed by atoms with Crippen molar-refractivity contribution in [1.29, 1.82) is 0 Å². The van der Waals surface area contributed by atoms with Crippen LogP contribution < -0.4 is 5.69 Å². The molecule has 4 aromatic rings. The van der Waals surface area contributed by atoms with E-state index in [1.54, 1.807) is 4.90 Å². The highest BCUT2D eigenvalue weighted by atomic mass is 16.6. The van der Waals surface area contributed by atoms with Gasteiger partial charge in [0.05, 0.1) is 17.6 Å². The summed E-state index contributed by atoms with van der Waals surface area (Å²) in [5, 5.41) is 0. The Bertz CT molecular complexity index is 1300. The first kappa shape index (κ1) is 24.8. The van der Waals surface area contributed by atoms with Gasteiger partial charge in [0.2, 0.25) is 0 Å². The second kappa shape index (κ2) is 11.9. The molecule has 1 aromatic heterocycles. The minimum absolute atomic E-state index is 0.0808. The van der Waals surface area contributed by atoms with Crippen LogP contribution in [0.3, 0.4) is 0 Å². The molecule has 192 valence electrons. The van der Waals surface area contributed by atoms with E-state index in [9.17, 15) is 9.59 Å². The number of hydrogen-bond acceptors (Lipinski definition) is 4. The molecule has 0 unspecified atom stereocenters. The molecule has 1 aliphatic rings. The molecular formula is C30H34N4O3. The Kier molecular flexibility index (Phi) is 8.01. The molecule has 7 nitrogen and oxygen atoms in total. The zero-order valence-corrected chi connectivity index (χ0v) is 21.1. The van der Waals surface area contributed by atoms with Crippen molar-refractivity contribution in [1.82, 2.24) is 19.4 Å². The molecule has 1 aliphatic heterocycles. The van der Waals surface area contributed by atoms with Crippen molar-refractivity contribution in [3.63, 3.8) is 0 Å². The van der Waals surface area contributed by atoms with Crippen molar-refractivity contribution in [2.45, 2.75) is 38.4 Å². The molecule has 37 heavy (non-hydrogen) atoms. The number of nitrogens with one attached hydrogen (secondary N) is 1. The van der Waals surface area contributed by atoms with Gasteiger partial charge in [0.15, 0.2) is 0 Å². The molecule has 0 saturated carbocycles. The van der Waals surface area contributed by atoms with Crippen molar-refractivity contribution in [2.24, 2.45) is 0 Å². The summed E-state index contributed by atoms with van der Waals surface area (Å²) in [4.78, 5) is 32.3. The van der Waals surface area contributed by atoms with E-state index in [0.29, 0.717) is 19.7 Å². The number of aromatic nitrogens is 2. The largest absolute Gasteiger partial charge is 0.449 e. The molecule has 0 bridgehead atoms. The normalized spacial score (nSPS) is 14.4. The van der Waals surface area contributed by atoms with Crippen LogP contribution in [0.4, 0.5) is 4.79 Å². The molecule has 7 heteroatoms. The van der Waals surface area contributed by atoms with Crippen LogP contribution in [-0.4, -0.2) is 51.7 Å². The van der Waals surface area contributed by atoms with Crippen LogP contribution >= 0.6 is 0 Å². The predicted molar refractivity (Wildman–Crippen MR) is 145 cm³/mol. The summed E-state index contributed by atoms with van der Waals surface area (Å²) in [6.45, 7) is 4.10. The number of fused-ring (bicyclic) bond motifs is 1. The van der Waals surface area contributed by atoms with Gasteiger partial charge < -0.3 is 14.6 Å². The number of amides is 1. The summed E-state index contributed by atoms with van der Waals surface area (Å²) in [6, 6.07) is 28.7. The van der Waals surface area contributed by atoms with Gasteiger partial charge in [0.1, 0.15) is 0 Å². The van der Waals surface area contributed by atoms with E-state index >= 15 is 0 Å². The standard InChI is InChI=1S/C30H34N4O3/c35-29-31-27-14-7-8-15-28(27)34(29)26-16-19-33(20-17-26)30(36)37-21-9-18-32(22-24-10-3-1-4-11-24)23-25-12-5-2-6-13-25/h1-8,10-15,26H,9,16-23H2,(H,31,35). The first-order valence-corrected chi connectivity index (χ1v) is 13.1. The summed E-state index contributed by atoms with van der Waals surface area (Å²) in [5.41, 5.74) is 4.23. The Morgan fingerprint density at radius 2 is 1.46 bits per heavy atom. The molecule has 5 rings (SSSR count). The van der Waals surface area contributed by atoms with E-state index in [0.717, 1.165) is 49.9 Å². The third-order valence-electron chi connectivity index (χ3n) is 7.05. The number of H-pyrrole nitrogens is 1. The fourth-order valence-electron chi connectivity index (χ4n) is 5.18. The Morgan fingerprint density at radius 3 is 2.11 bits per heavy atom. The zero-order valence-electron chi connectivity index (χ0n) is 21.1. The molecule has 1 fully saturated rings. The molecule has 0 spiro atoms. The third kappa shape index (κ3) is 6.30. The minimum Gasteiger partial charge on any atom is -0.449 e. The van der Waals surface area contributed by atoms with Gasteiger partial charge in [0, 0.05) is 38.8 Å². The Balaban J connectivity index is 1.10. The number of carbonyl (C=O) groups excluding carboxylic acids is 1. The van der Waals surface area contributed by atoms with E-state index < -0.39 is 0 Å². The SMILES string of the molecule is O=C(OCCCN(Cc1ccccc1)Cc1ccccc1)N1CCC(n2c(=O)[nH]c3ccccc32)CC1. The number of rotatable bonds is 9. The number of hydrogen-bond donors (Lipinski definition) is 1. The molecule has 0 aliphatic carbocycles. The fourth-order valence-corrected chi connectivity index (χ4v) is 5.18. The maximum absolute atomic E-state index is 12.7. The number of carbonyl (C=O) groups is 1. The highest BCUT2D eigenvalue weighted by Gasteiger charge is 2.26. The van der Waals surface area contributed by atoms with Crippen LogP contribution in [0, 0.1) is 0 Å². The molecule has 1 saturated heterocycles. The van der Waals surface area contributed by atoms with Gasteiger partial charge in [-0.1, -0.05) is 72.8 Å². The number of nitrogens with zero attached hydrogens (tertiary/aromatic N) is 3. The van der Waals surface area contributed by atoms with Crippen LogP contribution in [0.1, 0.15) is 36.4 Å². The zero-order chi connectivity index (χ0) is 25.5. The van der Waals surface area contributed by atoms with Crippen molar-refractivity contribution >= 4 is 17.1 Å². The van der Waals surface area contributed by atoms with Gasteiger partial charge in [-0.2, -0.15) is 0 Å². The summed E-state index contributed by atoms with van der Waals surface area (Å²) < 4.78 is 7.48. The average Bonchev–Trinajstić information content (AvgIpc) is 3.27. The number of aromatic amines is 1. The van der Waals surface area contributed by atoms with Crippen LogP contribution in [0.5, 0.6) is 0 Å². The quantitative estimate of drug-likeness (QED) is 0.322. The van der Waals surface area contributed by atoms with Crippen LogP contribution in [0.2, 0.25) is 0 Å². The Labute approximate surface area is 217 Å². The lowest BCUT2D eigenvalue weighted by Crippen LogP contribution is -2.41. The van der Waals surface area contributed by atoms with E-state index in [4.69, 9.17) is 4.74 Å². The molecule has 1 N–H and O–H groups in total. The fraction of sp³-hybridized carbons (Fsp3) is 0.333. The van der Waals surface area contributed by atoms with E-state index in [1.807, 2.05) is 41.0 Å². The van der Waals surface area contributed by atoms with Gasteiger partial charge >= 0.3 is 11.8 Å². The summed E-state index contributed by atoms with van der Waals surface area (Å²) in [6.07, 6.45) is 1.98. The van der Waals surface area contributed by atoms with Crippen LogP contribution in [0.25, 0.3) is 11.0 Å². The van der Waals surface area contributed by atoms with E-state index in [-0.39, 0.29) is 17.8 Å². The van der Waals surface area contributed by atoms with Crippen molar-refractivity contribution < 1.29 is 9.53 Å². The van der Waals surface area contributed by atoms with Crippen molar-refractivity contribution in [3.8, 4) is 0 Å². The number of imidazole rings is 1. The van der Waals surface area contributed by atoms with Gasteiger partial charge in [-0.15, -0.1) is 0 Å². The summed E-state index contributed by atoms with van der Waals surface area (Å²) >= 11 is 0. The Hall–Kier alpha value is -3.84. The predicted octanol–water partition coefficient (Wildman–Crippen LogP) is 5.20.